The number of fused-ring (bicyclic) bond motifs is 1. The number of dihydropyridines is 1. The molecule has 10 heteroatoms. The van der Waals surface area contributed by atoms with Crippen molar-refractivity contribution in [3.63, 3.8) is 0 Å². The maximum atomic E-state index is 13.7. The smallest absolute Gasteiger partial charge is 0.235 e. The third-order valence-electron chi connectivity index (χ3n) is 6.96. The Kier molecular flexibility index (Phi) is 7.13. The van der Waals surface area contributed by atoms with Gasteiger partial charge in [-0.25, -0.2) is 5.84 Å². The number of nitrogens with one attached hydrogen (secondary N) is 2. The Morgan fingerprint density at radius 3 is 2.59 bits per heavy atom. The lowest BCUT2D eigenvalue weighted by Crippen LogP contribution is -2.50. The molecule has 37 heavy (non-hydrogen) atoms. The van der Waals surface area contributed by atoms with E-state index in [-0.39, 0.29) is 24.0 Å². The van der Waals surface area contributed by atoms with Crippen LogP contribution in [-0.4, -0.2) is 51.9 Å². The van der Waals surface area contributed by atoms with Crippen molar-refractivity contribution in [1.82, 2.24) is 19.9 Å². The molecule has 2 unspecified atom stereocenters. The molecule has 0 radical (unpaired) electrons. The Bertz CT molecular complexity index is 1280. The van der Waals surface area contributed by atoms with Crippen LogP contribution in [0.1, 0.15) is 55.4 Å². The fourth-order valence-electron chi connectivity index (χ4n) is 5.13. The van der Waals surface area contributed by atoms with E-state index in [0.717, 1.165) is 17.1 Å². The van der Waals surface area contributed by atoms with E-state index < -0.39 is 11.6 Å². The number of nitrogen functional groups attached to an aromatic ring is 1. The minimum atomic E-state index is -0.908. The first-order valence-corrected chi connectivity index (χ1v) is 12.4. The number of para-hydroxylation sites is 1. The summed E-state index contributed by atoms with van der Waals surface area (Å²) in [5.74, 6) is 12.1. The minimum absolute atomic E-state index is 0.0741. The third kappa shape index (κ3) is 4.84. The number of nitrogens with zero attached hydrogens (tertiary/aromatic N) is 3. The summed E-state index contributed by atoms with van der Waals surface area (Å²) in [5, 5.41) is 7.52. The van der Waals surface area contributed by atoms with E-state index in [4.69, 9.17) is 11.7 Å². The number of allylic oxidation sites excluding steroid dienone is 2. The second kappa shape index (κ2) is 10.1. The summed E-state index contributed by atoms with van der Waals surface area (Å²) in [5.41, 5.74) is 2.76. The normalized spacial score (nSPS) is 20.5. The van der Waals surface area contributed by atoms with Crippen LogP contribution in [0.4, 0.5) is 11.4 Å². The molecule has 0 bridgehead atoms. The van der Waals surface area contributed by atoms with Gasteiger partial charge in [0.25, 0.3) is 0 Å². The van der Waals surface area contributed by atoms with Gasteiger partial charge in [-0.15, -0.1) is 0 Å². The van der Waals surface area contributed by atoms with Crippen molar-refractivity contribution < 1.29 is 14.4 Å². The Morgan fingerprint density at radius 1 is 1.24 bits per heavy atom. The van der Waals surface area contributed by atoms with Gasteiger partial charge < -0.3 is 21.4 Å². The summed E-state index contributed by atoms with van der Waals surface area (Å²) in [4.78, 5) is 40.6. The monoisotopic (exact) mass is 505 g/mol. The van der Waals surface area contributed by atoms with Crippen LogP contribution in [0.25, 0.3) is 5.57 Å². The molecule has 196 valence electrons. The summed E-state index contributed by atoms with van der Waals surface area (Å²) < 4.78 is 1.50. The molecule has 0 saturated heterocycles. The first-order chi connectivity index (χ1) is 17.6. The van der Waals surface area contributed by atoms with E-state index in [1.807, 2.05) is 50.3 Å². The zero-order chi connectivity index (χ0) is 26.9. The first-order valence-electron chi connectivity index (χ1n) is 12.4. The molecular weight excluding hydrogens is 470 g/mol. The molecule has 2 aromatic rings. The van der Waals surface area contributed by atoms with Crippen molar-refractivity contribution in [2.24, 2.45) is 11.3 Å². The van der Waals surface area contributed by atoms with Crippen LogP contribution < -0.4 is 22.3 Å². The van der Waals surface area contributed by atoms with Crippen LogP contribution in [0.15, 0.2) is 48.7 Å². The lowest BCUT2D eigenvalue weighted by atomic mass is 9.73. The molecule has 0 fully saturated rings. The number of benzene rings is 1. The van der Waals surface area contributed by atoms with Gasteiger partial charge in [0.05, 0.1) is 28.1 Å². The molecule has 1 aliphatic carbocycles. The Morgan fingerprint density at radius 2 is 1.95 bits per heavy atom. The summed E-state index contributed by atoms with van der Waals surface area (Å²) in [6.07, 6.45) is 5.92. The van der Waals surface area contributed by atoms with E-state index in [1.165, 1.54) is 11.6 Å². The quantitative estimate of drug-likeness (QED) is 0.258. The zero-order valence-electron chi connectivity index (χ0n) is 21.7. The molecule has 2 aliphatic rings. The number of Topliss-reactive ketones (excluding diaryl/α,β-unsaturated/α-hetero) is 1. The number of rotatable bonds is 7. The maximum absolute atomic E-state index is 13.7. The predicted octanol–water partition coefficient (Wildman–Crippen LogP) is 2.50. The van der Waals surface area contributed by atoms with Crippen molar-refractivity contribution in [3.8, 4) is 0 Å². The molecule has 1 aromatic carbocycles. The summed E-state index contributed by atoms with van der Waals surface area (Å²) in [6, 6.07) is 9.50. The number of carbonyl (C=O) groups is 3. The van der Waals surface area contributed by atoms with Gasteiger partial charge in [-0.2, -0.15) is 0 Å². The van der Waals surface area contributed by atoms with Gasteiger partial charge in [0.15, 0.2) is 5.78 Å². The van der Waals surface area contributed by atoms with Crippen LogP contribution in [0.2, 0.25) is 0 Å². The number of hydrogen-bond acceptors (Lipinski definition) is 7. The lowest BCUT2D eigenvalue weighted by molar-refractivity contribution is -0.140. The van der Waals surface area contributed by atoms with Gasteiger partial charge in [-0.3, -0.25) is 24.1 Å². The van der Waals surface area contributed by atoms with Crippen molar-refractivity contribution in [2.45, 2.75) is 46.2 Å². The second-order valence-electron chi connectivity index (χ2n) is 9.96. The number of hydrogen-bond donors (Lipinski definition) is 4. The number of anilines is 2. The molecule has 0 saturated carbocycles. The number of aromatic nitrogens is 1. The standard InChI is InChI=1S/C27H35N7O3/c1-5-13-32(4)26(37)27(3)15-20-23(21(36)16-27)24(31-19-9-7-6-8-10-19)25(34(20)29)18-11-12-30-22(14-18)33(28)17(2)35/h6-12,14,22,30-31H,5,13,15-16,28-29H2,1-4H3. The Balaban J connectivity index is 1.85. The second-order valence-corrected chi connectivity index (χ2v) is 9.96. The van der Waals surface area contributed by atoms with Gasteiger partial charge in [0, 0.05) is 44.6 Å². The Labute approximate surface area is 216 Å². The zero-order valence-corrected chi connectivity index (χ0v) is 21.7. The Hall–Kier alpha value is -4.05. The summed E-state index contributed by atoms with van der Waals surface area (Å²) >= 11 is 0. The number of carbonyl (C=O) groups excluding carboxylic acids is 3. The van der Waals surface area contributed by atoms with E-state index in [9.17, 15) is 14.4 Å². The summed E-state index contributed by atoms with van der Waals surface area (Å²) in [6.45, 7) is 5.84. The molecule has 2 amide bonds. The highest BCUT2D eigenvalue weighted by molar-refractivity contribution is 6.09. The number of nitrogens with two attached hydrogens (primary N) is 2. The highest BCUT2D eigenvalue weighted by Gasteiger charge is 2.46. The SMILES string of the molecule is CCCN(C)C(=O)C1(C)CC(=O)c2c(Nc3ccccc3)c(C3=CC(N(N)C(C)=O)NC=C3)n(N)c2C1. The van der Waals surface area contributed by atoms with Gasteiger partial charge in [-0.1, -0.05) is 25.1 Å². The van der Waals surface area contributed by atoms with E-state index >= 15 is 0 Å². The van der Waals surface area contributed by atoms with Crippen LogP contribution in [0, 0.1) is 5.41 Å². The number of ketones is 1. The van der Waals surface area contributed by atoms with Crippen molar-refractivity contribution >= 4 is 34.5 Å². The molecule has 6 N–H and O–H groups in total. The van der Waals surface area contributed by atoms with Crippen molar-refractivity contribution in [1.29, 1.82) is 0 Å². The van der Waals surface area contributed by atoms with E-state index in [0.29, 0.717) is 41.2 Å². The minimum Gasteiger partial charge on any atom is -0.367 e. The third-order valence-corrected chi connectivity index (χ3v) is 6.96. The molecule has 4 rings (SSSR count). The number of hydrazine groups is 1. The molecule has 1 aliphatic heterocycles. The van der Waals surface area contributed by atoms with E-state index in [2.05, 4.69) is 10.6 Å². The number of amides is 2. The molecule has 1 aromatic heterocycles. The van der Waals surface area contributed by atoms with Crippen LogP contribution >= 0.6 is 0 Å². The van der Waals surface area contributed by atoms with Crippen LogP contribution in [0.5, 0.6) is 0 Å². The fourth-order valence-corrected chi connectivity index (χ4v) is 5.13. The largest absolute Gasteiger partial charge is 0.367 e. The molecule has 2 heterocycles. The topological polar surface area (TPSA) is 139 Å². The van der Waals surface area contributed by atoms with Gasteiger partial charge in [0.1, 0.15) is 6.17 Å². The van der Waals surface area contributed by atoms with Crippen LogP contribution in [0.3, 0.4) is 0 Å². The molecular formula is C27H35N7O3. The molecule has 0 spiro atoms. The van der Waals surface area contributed by atoms with Crippen molar-refractivity contribution in [2.75, 3.05) is 24.8 Å². The highest BCUT2D eigenvalue weighted by Crippen LogP contribution is 2.44. The predicted molar refractivity (Wildman–Crippen MR) is 144 cm³/mol. The fraction of sp³-hybridized carbons (Fsp3) is 0.370. The average Bonchev–Trinajstić information content (AvgIpc) is 3.14. The average molecular weight is 506 g/mol. The van der Waals surface area contributed by atoms with E-state index in [1.54, 1.807) is 24.2 Å². The van der Waals surface area contributed by atoms with Crippen LogP contribution in [-0.2, 0) is 16.0 Å². The van der Waals surface area contributed by atoms with Gasteiger partial charge >= 0.3 is 0 Å². The maximum Gasteiger partial charge on any atom is 0.235 e. The highest BCUT2D eigenvalue weighted by atomic mass is 16.2. The first kappa shape index (κ1) is 26.0. The summed E-state index contributed by atoms with van der Waals surface area (Å²) in [7, 11) is 1.77. The van der Waals surface area contributed by atoms with Gasteiger partial charge in [0.2, 0.25) is 11.8 Å². The molecule has 2 atom stereocenters. The lowest BCUT2D eigenvalue weighted by Gasteiger charge is -2.35. The molecule has 10 nitrogen and oxygen atoms in total. The van der Waals surface area contributed by atoms with Gasteiger partial charge in [-0.05, 0) is 43.8 Å². The van der Waals surface area contributed by atoms with Crippen molar-refractivity contribution in [3.05, 3.63) is 65.6 Å².